The zero-order valence-corrected chi connectivity index (χ0v) is 17.4. The highest BCUT2D eigenvalue weighted by molar-refractivity contribution is 5.69. The standard InChI is InChI=1S/C24H34N2O2/c1-23-10-3-5-20(23)19-7-6-17-15-18(8-12-24(17,2)21(19)9-11-23)28-22(27)16-26-14-4-13-25-26/h4,6,13-14,18-21H,3,5,7-12,15-16H2,1-2H3/t18?,19-,20-,21-,23-,24-/m0/s1. The highest BCUT2D eigenvalue weighted by Crippen LogP contribution is 2.64. The minimum absolute atomic E-state index is 0.0410. The topological polar surface area (TPSA) is 44.1 Å². The molecule has 1 aromatic heterocycles. The van der Waals surface area contributed by atoms with Crippen LogP contribution in [-0.2, 0) is 16.1 Å². The molecule has 4 aliphatic rings. The van der Waals surface area contributed by atoms with E-state index in [4.69, 9.17) is 4.74 Å². The summed E-state index contributed by atoms with van der Waals surface area (Å²) in [6.45, 7) is 5.30. The lowest BCUT2D eigenvalue weighted by atomic mass is 9.48. The number of hydrogen-bond acceptors (Lipinski definition) is 3. The van der Waals surface area contributed by atoms with Crippen molar-refractivity contribution in [2.45, 2.75) is 84.3 Å². The van der Waals surface area contributed by atoms with Gasteiger partial charge in [0.25, 0.3) is 0 Å². The number of carbonyl (C=O) groups is 1. The number of esters is 1. The number of fused-ring (bicyclic) bond motifs is 5. The van der Waals surface area contributed by atoms with Gasteiger partial charge < -0.3 is 4.74 Å². The molecule has 0 N–H and O–H groups in total. The normalized spacial score (nSPS) is 42.1. The molecule has 28 heavy (non-hydrogen) atoms. The summed E-state index contributed by atoms with van der Waals surface area (Å²) >= 11 is 0. The number of rotatable bonds is 3. The first-order valence-electron chi connectivity index (χ1n) is 11.3. The summed E-state index contributed by atoms with van der Waals surface area (Å²) in [6.07, 6.45) is 17.6. The van der Waals surface area contributed by atoms with Gasteiger partial charge in [0.15, 0.2) is 0 Å². The number of nitrogens with zero attached hydrogens (tertiary/aromatic N) is 2. The summed E-state index contributed by atoms with van der Waals surface area (Å²) in [5.74, 6) is 2.50. The predicted octanol–water partition coefficient (Wildman–Crippen LogP) is 5.15. The van der Waals surface area contributed by atoms with E-state index in [9.17, 15) is 4.79 Å². The molecule has 152 valence electrons. The molecule has 0 radical (unpaired) electrons. The minimum atomic E-state index is -0.161. The van der Waals surface area contributed by atoms with Gasteiger partial charge in [0.05, 0.1) is 0 Å². The third-order valence-corrected chi connectivity index (χ3v) is 8.99. The number of carbonyl (C=O) groups excluding carboxylic acids is 1. The van der Waals surface area contributed by atoms with E-state index in [0.29, 0.717) is 10.8 Å². The van der Waals surface area contributed by atoms with Crippen LogP contribution in [-0.4, -0.2) is 21.9 Å². The minimum Gasteiger partial charge on any atom is -0.461 e. The molecule has 6 atom stereocenters. The maximum Gasteiger partial charge on any atom is 0.328 e. The van der Waals surface area contributed by atoms with Crippen LogP contribution in [0.1, 0.15) is 71.6 Å². The summed E-state index contributed by atoms with van der Waals surface area (Å²) in [7, 11) is 0. The molecule has 4 heteroatoms. The maximum absolute atomic E-state index is 12.3. The molecule has 0 bridgehead atoms. The smallest absolute Gasteiger partial charge is 0.328 e. The van der Waals surface area contributed by atoms with Crippen LogP contribution in [0.4, 0.5) is 0 Å². The van der Waals surface area contributed by atoms with Gasteiger partial charge in [0, 0.05) is 18.8 Å². The van der Waals surface area contributed by atoms with Crippen LogP contribution in [0.3, 0.4) is 0 Å². The van der Waals surface area contributed by atoms with E-state index in [1.807, 2.05) is 12.3 Å². The van der Waals surface area contributed by atoms with Gasteiger partial charge in [-0.25, -0.2) is 0 Å². The first-order chi connectivity index (χ1) is 13.5. The van der Waals surface area contributed by atoms with Gasteiger partial charge in [0.1, 0.15) is 12.6 Å². The predicted molar refractivity (Wildman–Crippen MR) is 108 cm³/mol. The van der Waals surface area contributed by atoms with Crippen LogP contribution in [0.15, 0.2) is 30.1 Å². The van der Waals surface area contributed by atoms with Gasteiger partial charge in [0.2, 0.25) is 0 Å². The van der Waals surface area contributed by atoms with Crippen molar-refractivity contribution in [1.82, 2.24) is 9.78 Å². The average molecular weight is 383 g/mol. The van der Waals surface area contributed by atoms with Gasteiger partial charge in [-0.15, -0.1) is 0 Å². The van der Waals surface area contributed by atoms with Crippen LogP contribution in [0.5, 0.6) is 0 Å². The Morgan fingerprint density at radius 1 is 1.21 bits per heavy atom. The Morgan fingerprint density at radius 2 is 2.11 bits per heavy atom. The summed E-state index contributed by atoms with van der Waals surface area (Å²) in [4.78, 5) is 12.3. The average Bonchev–Trinajstić information content (AvgIpc) is 3.31. The van der Waals surface area contributed by atoms with Crippen LogP contribution in [0.25, 0.3) is 0 Å². The van der Waals surface area contributed by atoms with Crippen LogP contribution < -0.4 is 0 Å². The number of ether oxygens (including phenoxy) is 1. The Labute approximate surface area is 168 Å². The fraction of sp³-hybridized carbons (Fsp3) is 0.750. The lowest BCUT2D eigenvalue weighted by Gasteiger charge is -2.57. The third-order valence-electron chi connectivity index (χ3n) is 8.99. The molecule has 4 nitrogen and oxygen atoms in total. The molecule has 1 heterocycles. The second-order valence-corrected chi connectivity index (χ2v) is 10.4. The van der Waals surface area contributed by atoms with Crippen molar-refractivity contribution in [2.75, 3.05) is 0 Å². The van der Waals surface area contributed by atoms with Gasteiger partial charge in [-0.2, -0.15) is 5.10 Å². The zero-order valence-electron chi connectivity index (χ0n) is 17.4. The van der Waals surface area contributed by atoms with Crippen LogP contribution in [0.2, 0.25) is 0 Å². The molecule has 1 unspecified atom stereocenters. The number of aromatic nitrogens is 2. The molecule has 0 spiro atoms. The summed E-state index contributed by atoms with van der Waals surface area (Å²) in [6, 6.07) is 1.84. The van der Waals surface area contributed by atoms with E-state index in [-0.39, 0.29) is 18.6 Å². The van der Waals surface area contributed by atoms with Gasteiger partial charge in [-0.3, -0.25) is 9.48 Å². The zero-order chi connectivity index (χ0) is 19.4. The Bertz CT molecular complexity index is 770. The fourth-order valence-electron chi connectivity index (χ4n) is 7.47. The van der Waals surface area contributed by atoms with E-state index in [0.717, 1.165) is 30.6 Å². The second-order valence-electron chi connectivity index (χ2n) is 10.4. The molecule has 3 saturated carbocycles. The third kappa shape index (κ3) is 2.95. The Balaban J connectivity index is 1.28. The molecule has 5 rings (SSSR count). The van der Waals surface area contributed by atoms with E-state index >= 15 is 0 Å². The van der Waals surface area contributed by atoms with Crippen molar-refractivity contribution < 1.29 is 9.53 Å². The first kappa shape index (κ1) is 18.4. The van der Waals surface area contributed by atoms with Gasteiger partial charge in [-0.1, -0.05) is 31.9 Å². The van der Waals surface area contributed by atoms with Crippen molar-refractivity contribution in [3.8, 4) is 0 Å². The van der Waals surface area contributed by atoms with E-state index in [1.54, 1.807) is 16.5 Å². The maximum atomic E-state index is 12.3. The lowest BCUT2D eigenvalue weighted by molar-refractivity contribution is -0.152. The van der Waals surface area contributed by atoms with Crippen molar-refractivity contribution >= 4 is 5.97 Å². The van der Waals surface area contributed by atoms with E-state index in [2.05, 4.69) is 25.0 Å². The van der Waals surface area contributed by atoms with Gasteiger partial charge in [-0.05, 0) is 79.6 Å². The Kier molecular flexibility index (Phi) is 4.44. The van der Waals surface area contributed by atoms with Crippen molar-refractivity contribution in [1.29, 1.82) is 0 Å². The van der Waals surface area contributed by atoms with Crippen molar-refractivity contribution in [3.05, 3.63) is 30.1 Å². The SMILES string of the molecule is C[C@@]12CCC[C@H]1[C@@H]1CC=C3CC(OC(=O)Cn4cccn4)CC[C@]3(C)[C@H]1CC2. The molecule has 4 aliphatic carbocycles. The second kappa shape index (κ2) is 6.74. The Morgan fingerprint density at radius 3 is 2.93 bits per heavy atom. The molecular formula is C24H34N2O2. The van der Waals surface area contributed by atoms with Gasteiger partial charge >= 0.3 is 5.97 Å². The summed E-state index contributed by atoms with van der Waals surface area (Å²) < 4.78 is 7.48. The van der Waals surface area contributed by atoms with Crippen molar-refractivity contribution in [2.24, 2.45) is 28.6 Å². The highest BCUT2D eigenvalue weighted by Gasteiger charge is 2.55. The fourth-order valence-corrected chi connectivity index (χ4v) is 7.47. The lowest BCUT2D eigenvalue weighted by Crippen LogP contribution is -2.49. The van der Waals surface area contributed by atoms with E-state index in [1.165, 1.54) is 44.9 Å². The quantitative estimate of drug-likeness (QED) is 0.536. The first-order valence-corrected chi connectivity index (χ1v) is 11.3. The largest absolute Gasteiger partial charge is 0.461 e. The highest BCUT2D eigenvalue weighted by atomic mass is 16.5. The number of hydrogen-bond donors (Lipinski definition) is 0. The number of allylic oxidation sites excluding steroid dienone is 1. The molecule has 0 amide bonds. The molecule has 0 aromatic carbocycles. The van der Waals surface area contributed by atoms with Crippen LogP contribution >= 0.6 is 0 Å². The van der Waals surface area contributed by atoms with Crippen LogP contribution in [0, 0.1) is 28.6 Å². The van der Waals surface area contributed by atoms with Crippen molar-refractivity contribution in [3.63, 3.8) is 0 Å². The monoisotopic (exact) mass is 382 g/mol. The molecular weight excluding hydrogens is 348 g/mol. The Hall–Kier alpha value is -1.58. The van der Waals surface area contributed by atoms with E-state index < -0.39 is 0 Å². The summed E-state index contributed by atoms with van der Waals surface area (Å²) in [5, 5.41) is 4.11. The molecule has 1 aromatic rings. The molecule has 0 saturated heterocycles. The summed E-state index contributed by atoms with van der Waals surface area (Å²) in [5.41, 5.74) is 2.53. The molecule has 3 fully saturated rings. The molecule has 0 aliphatic heterocycles.